The number of amides is 1. The van der Waals surface area contributed by atoms with Crippen molar-refractivity contribution in [1.82, 2.24) is 14.9 Å². The summed E-state index contributed by atoms with van der Waals surface area (Å²) in [4.78, 5) is 20.8. The molecule has 0 saturated carbocycles. The summed E-state index contributed by atoms with van der Waals surface area (Å²) in [5, 5.41) is 3.00. The molecule has 0 spiro atoms. The Morgan fingerprint density at radius 2 is 1.82 bits per heavy atom. The first-order chi connectivity index (χ1) is 13.5. The largest absolute Gasteiger partial charge is 0.331 e. The number of imidazole rings is 1. The Kier molecular flexibility index (Phi) is 5.59. The number of anilines is 1. The van der Waals surface area contributed by atoms with Gasteiger partial charge in [-0.2, -0.15) is 0 Å². The molecule has 1 aliphatic heterocycles. The molecule has 2 heterocycles. The molecule has 0 unspecified atom stereocenters. The van der Waals surface area contributed by atoms with Crippen molar-refractivity contribution >= 4 is 34.8 Å². The van der Waals surface area contributed by atoms with Gasteiger partial charge in [0.05, 0.1) is 17.6 Å². The molecule has 3 aromatic rings. The zero-order valence-electron chi connectivity index (χ0n) is 16.1. The highest BCUT2D eigenvalue weighted by Gasteiger charge is 2.21. The third-order valence-electron chi connectivity index (χ3n) is 5.52. The van der Waals surface area contributed by atoms with E-state index in [1.54, 1.807) is 0 Å². The van der Waals surface area contributed by atoms with Crippen LogP contribution in [0.2, 0.25) is 0 Å². The average molecular weight is 395 g/mol. The van der Waals surface area contributed by atoms with Gasteiger partial charge in [-0.1, -0.05) is 29.8 Å². The molecule has 1 aliphatic rings. The highest BCUT2D eigenvalue weighted by Crippen LogP contribution is 2.22. The fourth-order valence-electron chi connectivity index (χ4n) is 3.92. The number of benzene rings is 2. The molecule has 1 aromatic heterocycles. The Balaban J connectivity index is 1.26. The predicted molar refractivity (Wildman–Crippen MR) is 116 cm³/mol. The van der Waals surface area contributed by atoms with Gasteiger partial charge in [-0.15, -0.1) is 0 Å². The van der Waals surface area contributed by atoms with E-state index >= 15 is 0 Å². The molecule has 0 radical (unpaired) electrons. The lowest BCUT2D eigenvalue weighted by Crippen LogP contribution is -2.39. The number of aromatic nitrogens is 2. The van der Waals surface area contributed by atoms with Gasteiger partial charge in [-0.25, -0.2) is 0 Å². The molecule has 1 amide bonds. The molecule has 1 saturated heterocycles. The molecular formula is C22H26N4OS. The fourth-order valence-corrected chi connectivity index (χ4v) is 4.14. The van der Waals surface area contributed by atoms with E-state index in [4.69, 9.17) is 12.2 Å². The summed E-state index contributed by atoms with van der Waals surface area (Å²) >= 11 is 5.10. The van der Waals surface area contributed by atoms with Crippen LogP contribution in [0.1, 0.15) is 24.0 Å². The van der Waals surface area contributed by atoms with Crippen LogP contribution in [0.3, 0.4) is 0 Å². The highest BCUT2D eigenvalue weighted by atomic mass is 32.1. The SMILES string of the molecule is Cc1ccc(CC2CCN(CC(=O)Nc3ccc4[nH]c(=S)[nH]c4c3)CC2)cc1. The number of fused-ring (bicyclic) bond motifs is 1. The second kappa shape index (κ2) is 8.29. The van der Waals surface area contributed by atoms with E-state index in [1.807, 2.05) is 18.2 Å². The van der Waals surface area contributed by atoms with Crippen LogP contribution in [0, 0.1) is 17.6 Å². The first-order valence-electron chi connectivity index (χ1n) is 9.85. The third-order valence-corrected chi connectivity index (χ3v) is 5.72. The third kappa shape index (κ3) is 4.69. The van der Waals surface area contributed by atoms with E-state index in [1.165, 1.54) is 11.1 Å². The Morgan fingerprint density at radius 3 is 2.57 bits per heavy atom. The summed E-state index contributed by atoms with van der Waals surface area (Å²) in [5.74, 6) is 0.742. The lowest BCUT2D eigenvalue weighted by molar-refractivity contribution is -0.117. The van der Waals surface area contributed by atoms with Crippen LogP contribution in [0.4, 0.5) is 5.69 Å². The van der Waals surface area contributed by atoms with E-state index in [2.05, 4.69) is 51.4 Å². The molecule has 3 N–H and O–H groups in total. The molecule has 6 heteroatoms. The quantitative estimate of drug-likeness (QED) is 0.561. The maximum atomic E-state index is 12.4. The number of carbonyl (C=O) groups is 1. The van der Waals surface area contributed by atoms with Crippen molar-refractivity contribution in [3.8, 4) is 0 Å². The van der Waals surface area contributed by atoms with Crippen LogP contribution in [0.5, 0.6) is 0 Å². The number of piperidine rings is 1. The van der Waals surface area contributed by atoms with E-state index < -0.39 is 0 Å². The van der Waals surface area contributed by atoms with Crippen molar-refractivity contribution in [3.63, 3.8) is 0 Å². The minimum Gasteiger partial charge on any atom is -0.331 e. The average Bonchev–Trinajstić information content (AvgIpc) is 3.04. The standard InChI is InChI=1S/C22H26N4OS/c1-15-2-4-16(5-3-15)12-17-8-10-26(11-9-17)14-21(27)23-18-6-7-19-20(13-18)25-22(28)24-19/h2-7,13,17H,8-12,14H2,1H3,(H,23,27)(H2,24,25,28). The number of rotatable bonds is 5. The lowest BCUT2D eigenvalue weighted by Gasteiger charge is -2.31. The minimum atomic E-state index is 0.0328. The van der Waals surface area contributed by atoms with Gasteiger partial charge in [0.1, 0.15) is 0 Å². The van der Waals surface area contributed by atoms with Crippen molar-refractivity contribution in [1.29, 1.82) is 0 Å². The molecule has 0 aliphatic carbocycles. The van der Waals surface area contributed by atoms with E-state index in [0.717, 1.165) is 49.1 Å². The van der Waals surface area contributed by atoms with E-state index in [-0.39, 0.29) is 5.91 Å². The normalized spacial score (nSPS) is 15.8. The van der Waals surface area contributed by atoms with E-state index in [9.17, 15) is 4.79 Å². The second-order valence-electron chi connectivity index (χ2n) is 7.80. The Hall–Kier alpha value is -2.44. The van der Waals surface area contributed by atoms with Crippen molar-refractivity contribution in [2.24, 2.45) is 5.92 Å². The highest BCUT2D eigenvalue weighted by molar-refractivity contribution is 7.71. The lowest BCUT2D eigenvalue weighted by atomic mass is 9.90. The number of H-pyrrole nitrogens is 2. The molecule has 0 atom stereocenters. The maximum absolute atomic E-state index is 12.4. The smallest absolute Gasteiger partial charge is 0.238 e. The fraction of sp³-hybridized carbons (Fsp3) is 0.364. The number of likely N-dealkylation sites (tertiary alicyclic amines) is 1. The van der Waals surface area contributed by atoms with Crippen LogP contribution < -0.4 is 5.32 Å². The van der Waals surface area contributed by atoms with Crippen LogP contribution >= 0.6 is 12.2 Å². The zero-order chi connectivity index (χ0) is 19.5. The number of hydrogen-bond acceptors (Lipinski definition) is 3. The Morgan fingerprint density at radius 1 is 1.11 bits per heavy atom. The van der Waals surface area contributed by atoms with Gasteiger partial charge < -0.3 is 15.3 Å². The summed E-state index contributed by atoms with van der Waals surface area (Å²) < 4.78 is 0.590. The van der Waals surface area contributed by atoms with Gasteiger partial charge in [0.15, 0.2) is 4.77 Å². The Labute approximate surface area is 170 Å². The Bertz CT molecular complexity index is 1010. The van der Waals surface area contributed by atoms with Crippen LogP contribution in [0.15, 0.2) is 42.5 Å². The zero-order valence-corrected chi connectivity index (χ0v) is 16.9. The number of nitrogens with zero attached hydrogens (tertiary/aromatic N) is 1. The summed E-state index contributed by atoms with van der Waals surface area (Å²) in [5.41, 5.74) is 5.36. The first-order valence-corrected chi connectivity index (χ1v) is 10.3. The van der Waals surface area contributed by atoms with Crippen molar-refractivity contribution < 1.29 is 4.79 Å². The predicted octanol–water partition coefficient (Wildman–Crippen LogP) is 4.43. The molecular weight excluding hydrogens is 368 g/mol. The van der Waals surface area contributed by atoms with E-state index in [0.29, 0.717) is 17.2 Å². The number of aryl methyl sites for hydroxylation is 1. The first kappa shape index (κ1) is 18.9. The molecule has 4 rings (SSSR count). The maximum Gasteiger partial charge on any atom is 0.238 e. The molecule has 5 nitrogen and oxygen atoms in total. The molecule has 146 valence electrons. The minimum absolute atomic E-state index is 0.0328. The summed E-state index contributed by atoms with van der Waals surface area (Å²) in [6, 6.07) is 14.6. The van der Waals surface area contributed by atoms with Gasteiger partial charge in [-0.05, 0) is 81.2 Å². The van der Waals surface area contributed by atoms with Crippen molar-refractivity contribution in [3.05, 3.63) is 58.4 Å². The van der Waals surface area contributed by atoms with Crippen LogP contribution in [-0.2, 0) is 11.2 Å². The van der Waals surface area contributed by atoms with Crippen LogP contribution in [0.25, 0.3) is 11.0 Å². The van der Waals surface area contributed by atoms with Crippen molar-refractivity contribution in [2.75, 3.05) is 25.0 Å². The van der Waals surface area contributed by atoms with Gasteiger partial charge in [0, 0.05) is 5.69 Å². The number of aromatic amines is 2. The number of hydrogen-bond donors (Lipinski definition) is 3. The molecule has 2 aromatic carbocycles. The number of nitrogens with one attached hydrogen (secondary N) is 3. The van der Waals surface area contributed by atoms with Gasteiger partial charge in [0.2, 0.25) is 5.91 Å². The van der Waals surface area contributed by atoms with Gasteiger partial charge >= 0.3 is 0 Å². The molecule has 28 heavy (non-hydrogen) atoms. The molecule has 1 fully saturated rings. The molecule has 0 bridgehead atoms. The summed E-state index contributed by atoms with van der Waals surface area (Å²) in [6.07, 6.45) is 3.43. The second-order valence-corrected chi connectivity index (χ2v) is 8.21. The van der Waals surface area contributed by atoms with Gasteiger partial charge in [0.25, 0.3) is 0 Å². The van der Waals surface area contributed by atoms with Crippen LogP contribution in [-0.4, -0.2) is 40.4 Å². The summed E-state index contributed by atoms with van der Waals surface area (Å²) in [7, 11) is 0. The monoisotopic (exact) mass is 394 g/mol. The topological polar surface area (TPSA) is 63.9 Å². The van der Waals surface area contributed by atoms with Crippen molar-refractivity contribution in [2.45, 2.75) is 26.2 Å². The van der Waals surface area contributed by atoms with Gasteiger partial charge in [-0.3, -0.25) is 9.69 Å². The number of carbonyl (C=O) groups excluding carboxylic acids is 1. The summed E-state index contributed by atoms with van der Waals surface area (Å²) in [6.45, 7) is 4.53.